The molecule has 2 heterocycles. The molecule has 2 aliphatic rings. The highest BCUT2D eigenvalue weighted by Gasteiger charge is 2.16. The summed E-state index contributed by atoms with van der Waals surface area (Å²) in [5, 5.41) is 0. The topological polar surface area (TPSA) is 30.7 Å². The number of rotatable bonds is 3. The summed E-state index contributed by atoms with van der Waals surface area (Å²) in [5.74, 6) is 0.757. The lowest BCUT2D eigenvalue weighted by molar-refractivity contribution is 0.786. The summed E-state index contributed by atoms with van der Waals surface area (Å²) in [7, 11) is 0. The quantitative estimate of drug-likeness (QED) is 0.412. The molecular weight excluding hydrogens is 430 g/mol. The van der Waals surface area contributed by atoms with E-state index in [2.05, 4.69) is 65.7 Å². The molecule has 0 aliphatic carbocycles. The molecule has 0 atom stereocenters. The molecular formula is C19H13Br2N3. The molecule has 2 aromatic rings. The zero-order chi connectivity index (χ0) is 16.5. The highest BCUT2D eigenvalue weighted by atomic mass is 79.9. The van der Waals surface area contributed by atoms with E-state index in [-0.39, 0.29) is 0 Å². The Balaban J connectivity index is 1.72. The predicted octanol–water partition coefficient (Wildman–Crippen LogP) is 5.62. The van der Waals surface area contributed by atoms with E-state index >= 15 is 0 Å². The largest absolute Gasteiger partial charge is 0.346 e. The summed E-state index contributed by atoms with van der Waals surface area (Å²) in [6, 6.07) is 18.4. The first kappa shape index (κ1) is 15.5. The lowest BCUT2D eigenvalue weighted by Crippen LogP contribution is -2.01. The van der Waals surface area contributed by atoms with Gasteiger partial charge < -0.3 is 4.57 Å². The molecule has 0 saturated heterocycles. The molecule has 0 N–H and O–H groups in total. The van der Waals surface area contributed by atoms with E-state index in [0.717, 1.165) is 38.3 Å². The zero-order valence-corrected chi connectivity index (χ0v) is 15.8. The van der Waals surface area contributed by atoms with Crippen LogP contribution in [0.4, 0.5) is 0 Å². The maximum absolute atomic E-state index is 4.69. The van der Waals surface area contributed by atoms with Crippen molar-refractivity contribution in [2.75, 3.05) is 0 Å². The van der Waals surface area contributed by atoms with Crippen molar-refractivity contribution < 1.29 is 0 Å². The molecule has 0 radical (unpaired) electrons. The van der Waals surface area contributed by atoms with Gasteiger partial charge in [0, 0.05) is 29.0 Å². The minimum Gasteiger partial charge on any atom is -0.346 e. The van der Waals surface area contributed by atoms with E-state index in [1.54, 1.807) is 0 Å². The van der Waals surface area contributed by atoms with Crippen LogP contribution in [-0.2, 0) is 6.54 Å². The first-order valence-electron chi connectivity index (χ1n) is 7.52. The van der Waals surface area contributed by atoms with Crippen LogP contribution < -0.4 is 0 Å². The van der Waals surface area contributed by atoms with Gasteiger partial charge in [-0.05, 0) is 33.6 Å². The molecule has 5 heteroatoms. The third kappa shape index (κ3) is 3.14. The number of aromatic nitrogens is 3. The monoisotopic (exact) mass is 441 g/mol. The van der Waals surface area contributed by atoms with Gasteiger partial charge in [0.2, 0.25) is 0 Å². The second-order valence-corrected chi connectivity index (χ2v) is 7.32. The second kappa shape index (κ2) is 6.49. The van der Waals surface area contributed by atoms with Gasteiger partial charge in [0.15, 0.2) is 5.82 Å². The van der Waals surface area contributed by atoms with E-state index in [1.807, 2.05) is 42.7 Å². The normalized spacial score (nSPS) is 11.1. The summed E-state index contributed by atoms with van der Waals surface area (Å²) in [5.41, 5.74) is 4.04. The van der Waals surface area contributed by atoms with Gasteiger partial charge in [0.1, 0.15) is 11.4 Å². The summed E-state index contributed by atoms with van der Waals surface area (Å²) >= 11 is 7.10. The summed E-state index contributed by atoms with van der Waals surface area (Å²) < 4.78 is 4.16. The number of fused-ring (bicyclic) bond motifs is 1. The molecule has 3 nitrogen and oxygen atoms in total. The number of hydrogen-bond donors (Lipinski definition) is 0. The molecule has 24 heavy (non-hydrogen) atoms. The van der Waals surface area contributed by atoms with E-state index in [9.17, 15) is 0 Å². The second-order valence-electron chi connectivity index (χ2n) is 5.55. The van der Waals surface area contributed by atoms with Crippen LogP contribution in [0.2, 0.25) is 0 Å². The Morgan fingerprint density at radius 2 is 1.58 bits per heavy atom. The standard InChI is InChI=1S/C19H13Br2N3/c20-15-8-6-13(7-9-15)10-24-11-16(21)18-17(12-24)22-19(23-18)14-4-2-1-3-5-14/h1-9,11-12H,10H2. The Kier molecular flexibility index (Phi) is 4.21. The molecule has 0 bridgehead atoms. The van der Waals surface area contributed by atoms with Crippen molar-refractivity contribution in [3.05, 3.63) is 81.5 Å². The minimum absolute atomic E-state index is 0.757. The zero-order valence-electron chi connectivity index (χ0n) is 12.7. The van der Waals surface area contributed by atoms with Gasteiger partial charge in [-0.3, -0.25) is 0 Å². The third-order valence-electron chi connectivity index (χ3n) is 3.79. The first-order valence-corrected chi connectivity index (χ1v) is 9.10. The lowest BCUT2D eigenvalue weighted by Gasteiger charge is -2.10. The van der Waals surface area contributed by atoms with Crippen molar-refractivity contribution in [3.8, 4) is 22.8 Å². The SMILES string of the molecule is Brc1ccc(Cn2cc3nc(-c4ccccc4)nc-3c(Br)c2)cc1. The average Bonchev–Trinajstić information content (AvgIpc) is 3.03. The highest BCUT2D eigenvalue weighted by molar-refractivity contribution is 9.10. The van der Waals surface area contributed by atoms with E-state index in [4.69, 9.17) is 4.98 Å². The van der Waals surface area contributed by atoms with Gasteiger partial charge in [-0.25, -0.2) is 9.97 Å². The molecule has 0 unspecified atom stereocenters. The van der Waals surface area contributed by atoms with Crippen LogP contribution in [-0.4, -0.2) is 14.5 Å². The molecule has 118 valence electrons. The Morgan fingerprint density at radius 1 is 0.833 bits per heavy atom. The number of imidazole rings is 1. The van der Waals surface area contributed by atoms with Crippen molar-refractivity contribution in [3.63, 3.8) is 0 Å². The molecule has 4 rings (SSSR count). The maximum Gasteiger partial charge on any atom is 0.160 e. The van der Waals surface area contributed by atoms with Crippen LogP contribution in [0.5, 0.6) is 0 Å². The fraction of sp³-hybridized carbons (Fsp3) is 0.0526. The molecule has 0 aromatic heterocycles. The fourth-order valence-corrected chi connectivity index (χ4v) is 3.45. The number of halogens is 2. The van der Waals surface area contributed by atoms with Crippen LogP contribution in [0.3, 0.4) is 0 Å². The van der Waals surface area contributed by atoms with Crippen molar-refractivity contribution in [2.45, 2.75) is 6.54 Å². The number of benzene rings is 2. The number of hydrogen-bond acceptors (Lipinski definition) is 2. The first-order chi connectivity index (χ1) is 11.7. The smallest absolute Gasteiger partial charge is 0.160 e. The predicted molar refractivity (Wildman–Crippen MR) is 103 cm³/mol. The fourth-order valence-electron chi connectivity index (χ4n) is 2.63. The molecule has 0 amide bonds. The van der Waals surface area contributed by atoms with Gasteiger partial charge in [-0.15, -0.1) is 0 Å². The molecule has 0 saturated carbocycles. The molecule has 0 spiro atoms. The summed E-state index contributed by atoms with van der Waals surface area (Å²) in [4.78, 5) is 9.36. The third-order valence-corrected chi connectivity index (χ3v) is 4.90. The highest BCUT2D eigenvalue weighted by Crippen LogP contribution is 2.31. The van der Waals surface area contributed by atoms with Gasteiger partial charge in [-0.1, -0.05) is 58.4 Å². The molecule has 2 aliphatic heterocycles. The Labute approximate surface area is 157 Å². The van der Waals surface area contributed by atoms with Crippen molar-refractivity contribution in [1.29, 1.82) is 0 Å². The maximum atomic E-state index is 4.69. The van der Waals surface area contributed by atoms with E-state index in [1.165, 1.54) is 5.56 Å². The van der Waals surface area contributed by atoms with Crippen LogP contribution in [0, 0.1) is 0 Å². The van der Waals surface area contributed by atoms with Crippen LogP contribution in [0.15, 0.2) is 75.9 Å². The minimum atomic E-state index is 0.757. The van der Waals surface area contributed by atoms with E-state index < -0.39 is 0 Å². The Bertz CT molecular complexity index is 946. The molecule has 0 fully saturated rings. The Morgan fingerprint density at radius 3 is 2.33 bits per heavy atom. The van der Waals surface area contributed by atoms with Gasteiger partial charge >= 0.3 is 0 Å². The molecule has 2 aromatic carbocycles. The van der Waals surface area contributed by atoms with Crippen LogP contribution >= 0.6 is 31.9 Å². The van der Waals surface area contributed by atoms with Crippen LogP contribution in [0.1, 0.15) is 5.56 Å². The van der Waals surface area contributed by atoms with Gasteiger partial charge in [0.25, 0.3) is 0 Å². The van der Waals surface area contributed by atoms with Crippen LogP contribution in [0.25, 0.3) is 22.8 Å². The number of nitrogens with zero attached hydrogens (tertiary/aromatic N) is 3. The van der Waals surface area contributed by atoms with E-state index in [0.29, 0.717) is 0 Å². The van der Waals surface area contributed by atoms with Gasteiger partial charge in [0.05, 0.1) is 4.47 Å². The van der Waals surface area contributed by atoms with Crippen molar-refractivity contribution in [2.24, 2.45) is 0 Å². The lowest BCUT2D eigenvalue weighted by atomic mass is 10.2. The summed E-state index contributed by atoms with van der Waals surface area (Å²) in [6.07, 6.45) is 4.09. The average molecular weight is 443 g/mol. The summed E-state index contributed by atoms with van der Waals surface area (Å²) in [6.45, 7) is 0.787. The van der Waals surface area contributed by atoms with Gasteiger partial charge in [-0.2, -0.15) is 0 Å². The van der Waals surface area contributed by atoms with Crippen molar-refractivity contribution >= 4 is 31.9 Å². The number of pyridine rings is 1. The van der Waals surface area contributed by atoms with Crippen molar-refractivity contribution in [1.82, 2.24) is 14.5 Å². The Hall–Kier alpha value is -1.98.